The Morgan fingerprint density at radius 1 is 1.40 bits per heavy atom. The maximum absolute atomic E-state index is 11.6. The number of methoxy groups -OCH3 is 1. The molecule has 4 heteroatoms. The number of likely N-dealkylation sites (N-methyl/N-ethyl adjacent to an activating group) is 2. The summed E-state index contributed by atoms with van der Waals surface area (Å²) in [5, 5.41) is 2.89. The van der Waals surface area contributed by atoms with Gasteiger partial charge in [-0.05, 0) is 32.7 Å². The van der Waals surface area contributed by atoms with E-state index in [9.17, 15) is 4.79 Å². The molecule has 0 atom stereocenters. The Kier molecular flexibility index (Phi) is 5.05. The number of ether oxygens (including phenoxy) is 1. The Morgan fingerprint density at radius 2 is 2.00 bits per heavy atom. The van der Waals surface area contributed by atoms with Crippen molar-refractivity contribution in [3.63, 3.8) is 0 Å². The van der Waals surface area contributed by atoms with Gasteiger partial charge in [0.1, 0.15) is 0 Å². The van der Waals surface area contributed by atoms with Crippen LogP contribution in [0.4, 0.5) is 0 Å². The Labute approximate surface area is 92.0 Å². The third-order valence-corrected chi connectivity index (χ3v) is 3.25. The number of rotatable bonds is 4. The van der Waals surface area contributed by atoms with E-state index >= 15 is 0 Å². The van der Waals surface area contributed by atoms with Crippen LogP contribution >= 0.6 is 0 Å². The fraction of sp³-hybridized carbons (Fsp3) is 0.909. The molecular weight excluding hydrogens is 192 g/mol. The zero-order valence-electron chi connectivity index (χ0n) is 9.95. The number of nitrogens with zero attached hydrogens (tertiary/aromatic N) is 1. The first-order chi connectivity index (χ1) is 7.19. The van der Waals surface area contributed by atoms with Gasteiger partial charge in [-0.2, -0.15) is 0 Å². The lowest BCUT2D eigenvalue weighted by atomic mass is 9.92. The van der Waals surface area contributed by atoms with E-state index in [1.807, 2.05) is 11.9 Å². The fourth-order valence-electron chi connectivity index (χ4n) is 2.15. The standard InChI is InChI=1S/C11H22N2O2/c1-12-8-11(14)13(2)9-4-6-10(15-3)7-5-9/h9-10,12H,4-8H2,1-3H3. The first-order valence-corrected chi connectivity index (χ1v) is 5.62. The van der Waals surface area contributed by atoms with Gasteiger partial charge >= 0.3 is 0 Å². The Morgan fingerprint density at radius 3 is 2.47 bits per heavy atom. The van der Waals surface area contributed by atoms with E-state index in [-0.39, 0.29) is 5.91 Å². The van der Waals surface area contributed by atoms with Crippen LogP contribution in [0, 0.1) is 0 Å². The number of nitrogens with one attached hydrogen (secondary N) is 1. The molecule has 1 amide bonds. The summed E-state index contributed by atoms with van der Waals surface area (Å²) in [6.07, 6.45) is 4.65. The van der Waals surface area contributed by atoms with Crippen LogP contribution in [-0.2, 0) is 9.53 Å². The van der Waals surface area contributed by atoms with Crippen LogP contribution in [0.5, 0.6) is 0 Å². The maximum atomic E-state index is 11.6. The van der Waals surface area contributed by atoms with Gasteiger partial charge in [-0.1, -0.05) is 0 Å². The third-order valence-electron chi connectivity index (χ3n) is 3.25. The molecule has 0 spiro atoms. The van der Waals surface area contributed by atoms with Gasteiger partial charge in [-0.15, -0.1) is 0 Å². The lowest BCUT2D eigenvalue weighted by Gasteiger charge is -2.34. The number of hydrogen-bond donors (Lipinski definition) is 1. The van der Waals surface area contributed by atoms with Crippen LogP contribution in [0.2, 0.25) is 0 Å². The molecule has 1 N–H and O–H groups in total. The molecule has 0 aromatic rings. The van der Waals surface area contributed by atoms with Crippen LogP contribution in [0.15, 0.2) is 0 Å². The normalized spacial score (nSPS) is 26.3. The van der Waals surface area contributed by atoms with Gasteiger partial charge in [0.05, 0.1) is 12.6 Å². The third kappa shape index (κ3) is 3.47. The predicted octanol–water partition coefficient (Wildman–Crippen LogP) is 0.622. The van der Waals surface area contributed by atoms with E-state index in [4.69, 9.17) is 4.74 Å². The Bertz CT molecular complexity index is 201. The van der Waals surface area contributed by atoms with Crippen LogP contribution in [0.1, 0.15) is 25.7 Å². The van der Waals surface area contributed by atoms with Crippen molar-refractivity contribution in [2.45, 2.75) is 37.8 Å². The summed E-state index contributed by atoms with van der Waals surface area (Å²) in [4.78, 5) is 13.5. The second-order valence-electron chi connectivity index (χ2n) is 4.20. The molecule has 0 radical (unpaired) electrons. The van der Waals surface area contributed by atoms with Gasteiger partial charge in [-0.3, -0.25) is 4.79 Å². The highest BCUT2D eigenvalue weighted by atomic mass is 16.5. The highest BCUT2D eigenvalue weighted by Crippen LogP contribution is 2.23. The van der Waals surface area contributed by atoms with Crippen LogP contribution < -0.4 is 5.32 Å². The highest BCUT2D eigenvalue weighted by molar-refractivity contribution is 5.78. The number of hydrogen-bond acceptors (Lipinski definition) is 3. The Hall–Kier alpha value is -0.610. The lowest BCUT2D eigenvalue weighted by Crippen LogP contribution is -2.43. The van der Waals surface area contributed by atoms with Gasteiger partial charge in [0.2, 0.25) is 5.91 Å². The van der Waals surface area contributed by atoms with Crippen molar-refractivity contribution in [1.82, 2.24) is 10.2 Å². The van der Waals surface area contributed by atoms with Crippen molar-refractivity contribution >= 4 is 5.91 Å². The molecule has 88 valence electrons. The average Bonchev–Trinajstić information content (AvgIpc) is 2.28. The fourth-order valence-corrected chi connectivity index (χ4v) is 2.15. The van der Waals surface area contributed by atoms with E-state index in [1.165, 1.54) is 0 Å². The second kappa shape index (κ2) is 6.08. The minimum Gasteiger partial charge on any atom is -0.381 e. The first-order valence-electron chi connectivity index (χ1n) is 5.62. The van der Waals surface area contributed by atoms with Crippen molar-refractivity contribution in [2.24, 2.45) is 0 Å². The zero-order valence-corrected chi connectivity index (χ0v) is 9.95. The molecule has 0 aromatic carbocycles. The number of carbonyl (C=O) groups excluding carboxylic acids is 1. The van der Waals surface area contributed by atoms with Crippen molar-refractivity contribution < 1.29 is 9.53 Å². The Balaban J connectivity index is 2.35. The van der Waals surface area contributed by atoms with Gasteiger partial charge in [0, 0.05) is 20.2 Å². The van der Waals surface area contributed by atoms with Crippen LogP contribution in [0.3, 0.4) is 0 Å². The quantitative estimate of drug-likeness (QED) is 0.746. The predicted molar refractivity (Wildman–Crippen MR) is 59.7 cm³/mol. The molecule has 1 fully saturated rings. The average molecular weight is 214 g/mol. The topological polar surface area (TPSA) is 41.6 Å². The van der Waals surface area contributed by atoms with Gasteiger partial charge in [0.15, 0.2) is 0 Å². The molecular formula is C11H22N2O2. The first kappa shape index (κ1) is 12.5. The molecule has 0 aromatic heterocycles. The van der Waals surface area contributed by atoms with Gasteiger partial charge < -0.3 is 15.0 Å². The summed E-state index contributed by atoms with van der Waals surface area (Å²) >= 11 is 0. The van der Waals surface area contributed by atoms with E-state index in [1.54, 1.807) is 14.2 Å². The molecule has 0 unspecified atom stereocenters. The van der Waals surface area contributed by atoms with Crippen molar-refractivity contribution in [2.75, 3.05) is 27.7 Å². The number of amides is 1. The molecule has 1 aliphatic rings. The van der Waals surface area contributed by atoms with E-state index in [2.05, 4.69) is 5.32 Å². The second-order valence-corrected chi connectivity index (χ2v) is 4.20. The summed E-state index contributed by atoms with van der Waals surface area (Å²) in [6, 6.07) is 0.400. The smallest absolute Gasteiger partial charge is 0.236 e. The summed E-state index contributed by atoms with van der Waals surface area (Å²) in [7, 11) is 5.46. The summed E-state index contributed by atoms with van der Waals surface area (Å²) in [6.45, 7) is 0.431. The minimum absolute atomic E-state index is 0.179. The lowest BCUT2D eigenvalue weighted by molar-refractivity contribution is -0.132. The van der Waals surface area contributed by atoms with Crippen molar-refractivity contribution in [3.8, 4) is 0 Å². The molecule has 1 saturated carbocycles. The monoisotopic (exact) mass is 214 g/mol. The molecule has 0 bridgehead atoms. The minimum atomic E-state index is 0.179. The molecule has 4 nitrogen and oxygen atoms in total. The molecule has 1 rings (SSSR count). The van der Waals surface area contributed by atoms with Crippen LogP contribution in [-0.4, -0.2) is 50.7 Å². The molecule has 1 aliphatic carbocycles. The van der Waals surface area contributed by atoms with Crippen molar-refractivity contribution in [3.05, 3.63) is 0 Å². The van der Waals surface area contributed by atoms with E-state index in [0.29, 0.717) is 18.7 Å². The largest absolute Gasteiger partial charge is 0.381 e. The molecule has 0 saturated heterocycles. The summed E-state index contributed by atoms with van der Waals surface area (Å²) in [5.74, 6) is 0.179. The van der Waals surface area contributed by atoms with E-state index < -0.39 is 0 Å². The zero-order chi connectivity index (χ0) is 11.3. The van der Waals surface area contributed by atoms with Gasteiger partial charge in [-0.25, -0.2) is 0 Å². The van der Waals surface area contributed by atoms with Crippen LogP contribution in [0.25, 0.3) is 0 Å². The van der Waals surface area contributed by atoms with Gasteiger partial charge in [0.25, 0.3) is 0 Å². The van der Waals surface area contributed by atoms with E-state index in [0.717, 1.165) is 25.7 Å². The van der Waals surface area contributed by atoms with Crippen molar-refractivity contribution in [1.29, 1.82) is 0 Å². The molecule has 0 aliphatic heterocycles. The molecule has 0 heterocycles. The number of carbonyl (C=O) groups is 1. The highest BCUT2D eigenvalue weighted by Gasteiger charge is 2.25. The maximum Gasteiger partial charge on any atom is 0.236 e. The summed E-state index contributed by atoms with van der Waals surface area (Å²) < 4.78 is 5.31. The summed E-state index contributed by atoms with van der Waals surface area (Å²) in [5.41, 5.74) is 0. The SMILES string of the molecule is CNCC(=O)N(C)C1CCC(OC)CC1. The molecule has 15 heavy (non-hydrogen) atoms.